The van der Waals surface area contributed by atoms with Crippen molar-refractivity contribution < 1.29 is 9.53 Å². The molecule has 2 aromatic rings. The van der Waals surface area contributed by atoms with Crippen molar-refractivity contribution in [3.05, 3.63) is 46.0 Å². The monoisotopic (exact) mass is 316 g/mol. The third-order valence-electron chi connectivity index (χ3n) is 3.29. The molecule has 2 aromatic heterocycles. The van der Waals surface area contributed by atoms with E-state index in [2.05, 4.69) is 20.3 Å². The number of methoxy groups -OCH3 is 1. The van der Waals surface area contributed by atoms with Gasteiger partial charge in [-0.05, 0) is 26.0 Å². The van der Waals surface area contributed by atoms with Crippen LogP contribution in [0.5, 0.6) is 0 Å². The second kappa shape index (κ2) is 7.64. The average Bonchev–Trinajstić information content (AvgIpc) is 2.51. The predicted octanol–water partition coefficient (Wildman–Crippen LogP) is 0.834. The van der Waals surface area contributed by atoms with Crippen molar-refractivity contribution in [1.29, 1.82) is 0 Å². The summed E-state index contributed by atoms with van der Waals surface area (Å²) in [6.07, 6.45) is 1.61. The van der Waals surface area contributed by atoms with Gasteiger partial charge in [0.05, 0.1) is 13.0 Å². The van der Waals surface area contributed by atoms with E-state index < -0.39 is 0 Å². The van der Waals surface area contributed by atoms with E-state index in [1.165, 1.54) is 0 Å². The number of rotatable bonds is 6. The lowest BCUT2D eigenvalue weighted by Gasteiger charge is -2.13. The predicted molar refractivity (Wildman–Crippen MR) is 86.0 cm³/mol. The summed E-state index contributed by atoms with van der Waals surface area (Å²) in [6, 6.07) is 5.24. The smallest absolute Gasteiger partial charge is 0.255 e. The maximum absolute atomic E-state index is 12.3. The van der Waals surface area contributed by atoms with Crippen molar-refractivity contribution in [3.8, 4) is 11.5 Å². The number of carbonyl (C=O) groups excluding carboxylic acids is 1. The summed E-state index contributed by atoms with van der Waals surface area (Å²) in [5.41, 5.74) is 1.13. The van der Waals surface area contributed by atoms with Gasteiger partial charge in [-0.2, -0.15) is 0 Å². The second-order valence-corrected chi connectivity index (χ2v) is 5.29. The van der Waals surface area contributed by atoms with Crippen molar-refractivity contribution in [2.24, 2.45) is 0 Å². The van der Waals surface area contributed by atoms with E-state index in [1.807, 2.05) is 13.0 Å². The number of nitrogens with one attached hydrogen (secondary N) is 2. The van der Waals surface area contributed by atoms with Crippen molar-refractivity contribution >= 4 is 5.91 Å². The molecule has 1 atom stereocenters. The molecule has 0 spiro atoms. The zero-order chi connectivity index (χ0) is 16.8. The summed E-state index contributed by atoms with van der Waals surface area (Å²) in [5, 5.41) is 2.77. The number of nitrogens with zero attached hydrogens (tertiary/aromatic N) is 2. The minimum Gasteiger partial charge on any atom is -0.383 e. The Kier molecular flexibility index (Phi) is 5.59. The molecule has 2 N–H and O–H groups in total. The Balaban J connectivity index is 2.18. The Morgan fingerprint density at radius 1 is 1.43 bits per heavy atom. The number of aryl methyl sites for hydroxylation is 1. The first-order valence-electron chi connectivity index (χ1n) is 7.30. The summed E-state index contributed by atoms with van der Waals surface area (Å²) < 4.78 is 4.96. The number of pyridine rings is 1. The molecular formula is C16H20N4O3. The van der Waals surface area contributed by atoms with Gasteiger partial charge in [0.25, 0.3) is 5.56 Å². The summed E-state index contributed by atoms with van der Waals surface area (Å²) in [5.74, 6) is 0.153. The van der Waals surface area contributed by atoms with E-state index in [0.29, 0.717) is 29.4 Å². The molecule has 0 aliphatic carbocycles. The third kappa shape index (κ3) is 4.46. The fourth-order valence-corrected chi connectivity index (χ4v) is 2.22. The Morgan fingerprint density at radius 2 is 2.22 bits per heavy atom. The van der Waals surface area contributed by atoms with Crippen molar-refractivity contribution in [1.82, 2.24) is 20.3 Å². The molecule has 1 unspecified atom stereocenters. The molecule has 0 fully saturated rings. The molecule has 23 heavy (non-hydrogen) atoms. The molecule has 0 aromatic carbocycles. The lowest BCUT2D eigenvalue weighted by Crippen LogP contribution is -2.37. The number of carbonyl (C=O) groups is 1. The Labute approximate surface area is 134 Å². The van der Waals surface area contributed by atoms with Crippen LogP contribution in [-0.2, 0) is 16.0 Å². The van der Waals surface area contributed by atoms with Crippen molar-refractivity contribution in [2.45, 2.75) is 26.3 Å². The highest BCUT2D eigenvalue weighted by atomic mass is 16.5. The number of H-pyrrole nitrogens is 1. The van der Waals surface area contributed by atoms with Crippen LogP contribution in [0, 0.1) is 6.92 Å². The van der Waals surface area contributed by atoms with Gasteiger partial charge < -0.3 is 15.0 Å². The molecule has 0 aliphatic heterocycles. The quantitative estimate of drug-likeness (QED) is 0.823. The lowest BCUT2D eigenvalue weighted by atomic mass is 10.1. The van der Waals surface area contributed by atoms with Crippen LogP contribution < -0.4 is 10.9 Å². The number of hydrogen-bond donors (Lipinski definition) is 2. The maximum atomic E-state index is 12.3. The first-order valence-corrected chi connectivity index (χ1v) is 7.30. The fraction of sp³-hybridized carbons (Fsp3) is 0.375. The average molecular weight is 316 g/mol. The van der Waals surface area contributed by atoms with Crippen LogP contribution >= 0.6 is 0 Å². The largest absolute Gasteiger partial charge is 0.383 e. The molecule has 2 heterocycles. The van der Waals surface area contributed by atoms with Crippen molar-refractivity contribution in [3.63, 3.8) is 0 Å². The van der Waals surface area contributed by atoms with Crippen LogP contribution in [0.2, 0.25) is 0 Å². The summed E-state index contributed by atoms with van der Waals surface area (Å²) in [7, 11) is 1.57. The van der Waals surface area contributed by atoms with Gasteiger partial charge in [-0.1, -0.05) is 6.07 Å². The van der Waals surface area contributed by atoms with Gasteiger partial charge in [0.15, 0.2) is 5.82 Å². The summed E-state index contributed by atoms with van der Waals surface area (Å²) in [6.45, 7) is 3.96. The van der Waals surface area contributed by atoms with E-state index in [9.17, 15) is 9.59 Å². The standard InChI is InChI=1S/C16H20N4O3/c1-10(9-23-3)18-14(21)8-12-11(2)19-15(20-16(12)22)13-6-4-5-7-17-13/h4-7,10H,8-9H2,1-3H3,(H,18,21)(H,19,20,22). The van der Waals surface area contributed by atoms with Crippen LogP contribution in [0.15, 0.2) is 29.2 Å². The number of aromatic nitrogens is 3. The maximum Gasteiger partial charge on any atom is 0.255 e. The van der Waals surface area contributed by atoms with Gasteiger partial charge in [0.1, 0.15) is 5.69 Å². The third-order valence-corrected chi connectivity index (χ3v) is 3.29. The summed E-state index contributed by atoms with van der Waals surface area (Å²) >= 11 is 0. The topological polar surface area (TPSA) is 97.0 Å². The molecule has 0 aliphatic rings. The van der Waals surface area contributed by atoms with Crippen LogP contribution in [0.3, 0.4) is 0 Å². The number of amides is 1. The van der Waals surface area contributed by atoms with Gasteiger partial charge in [0, 0.05) is 30.6 Å². The first-order chi connectivity index (χ1) is 11.0. The fourth-order valence-electron chi connectivity index (χ4n) is 2.22. The zero-order valence-electron chi connectivity index (χ0n) is 13.4. The van der Waals surface area contributed by atoms with Gasteiger partial charge in [0.2, 0.25) is 5.91 Å². The highest BCUT2D eigenvalue weighted by molar-refractivity contribution is 5.79. The van der Waals surface area contributed by atoms with Crippen LogP contribution in [0.1, 0.15) is 18.2 Å². The highest BCUT2D eigenvalue weighted by Gasteiger charge is 2.15. The van der Waals surface area contributed by atoms with Crippen LogP contribution in [0.4, 0.5) is 0 Å². The van der Waals surface area contributed by atoms with E-state index in [4.69, 9.17) is 4.74 Å². The molecule has 122 valence electrons. The lowest BCUT2D eigenvalue weighted by molar-refractivity contribution is -0.121. The Hall–Kier alpha value is -2.54. The van der Waals surface area contributed by atoms with Gasteiger partial charge in [-0.3, -0.25) is 14.6 Å². The molecule has 2 rings (SSSR count). The minimum atomic E-state index is -0.326. The molecule has 7 nitrogen and oxygen atoms in total. The van der Waals surface area contributed by atoms with E-state index in [0.717, 1.165) is 0 Å². The van der Waals surface area contributed by atoms with Crippen LogP contribution in [-0.4, -0.2) is 40.6 Å². The molecule has 0 bridgehead atoms. The first kappa shape index (κ1) is 16.8. The zero-order valence-corrected chi connectivity index (χ0v) is 13.4. The van der Waals surface area contributed by atoms with Gasteiger partial charge in [-0.25, -0.2) is 4.98 Å². The van der Waals surface area contributed by atoms with Crippen LogP contribution in [0.25, 0.3) is 11.5 Å². The number of aromatic amines is 1. The molecule has 0 radical (unpaired) electrons. The SMILES string of the molecule is COCC(C)NC(=O)Cc1c(C)nc(-c2ccccn2)[nH]c1=O. The minimum absolute atomic E-state index is 0.0231. The second-order valence-electron chi connectivity index (χ2n) is 5.29. The molecular weight excluding hydrogens is 296 g/mol. The Bertz CT molecular complexity index is 728. The van der Waals surface area contributed by atoms with Gasteiger partial charge in [-0.15, -0.1) is 0 Å². The summed E-state index contributed by atoms with van der Waals surface area (Å²) in [4.78, 5) is 35.4. The Morgan fingerprint density at radius 3 is 2.83 bits per heavy atom. The number of hydrogen-bond acceptors (Lipinski definition) is 5. The van der Waals surface area contributed by atoms with Gasteiger partial charge >= 0.3 is 0 Å². The normalized spacial score (nSPS) is 12.0. The van der Waals surface area contributed by atoms with E-state index in [1.54, 1.807) is 32.4 Å². The molecule has 7 heteroatoms. The molecule has 1 amide bonds. The number of ether oxygens (including phenoxy) is 1. The van der Waals surface area contributed by atoms with Crippen molar-refractivity contribution in [2.75, 3.05) is 13.7 Å². The van der Waals surface area contributed by atoms with E-state index in [-0.39, 0.29) is 23.9 Å². The highest BCUT2D eigenvalue weighted by Crippen LogP contribution is 2.11. The molecule has 0 saturated heterocycles. The molecule has 0 saturated carbocycles. The van der Waals surface area contributed by atoms with E-state index >= 15 is 0 Å².